The monoisotopic (exact) mass is 512 g/mol. The van der Waals surface area contributed by atoms with E-state index in [0.717, 1.165) is 30.4 Å². The molecule has 0 aliphatic heterocycles. The van der Waals surface area contributed by atoms with Gasteiger partial charge in [-0.25, -0.2) is 4.79 Å². The van der Waals surface area contributed by atoms with Gasteiger partial charge in [0.2, 0.25) is 0 Å². The summed E-state index contributed by atoms with van der Waals surface area (Å²) in [6.45, 7) is 2.37. The van der Waals surface area contributed by atoms with Crippen molar-refractivity contribution in [1.29, 1.82) is 0 Å². The molecule has 0 radical (unpaired) electrons. The van der Waals surface area contributed by atoms with Crippen molar-refractivity contribution >= 4 is 27.9 Å². The topological polar surface area (TPSA) is 72.8 Å². The van der Waals surface area contributed by atoms with Crippen LogP contribution in [0.1, 0.15) is 60.5 Å². The van der Waals surface area contributed by atoms with Crippen LogP contribution in [0.15, 0.2) is 53.0 Å². The fourth-order valence-corrected chi connectivity index (χ4v) is 7.26. The molecule has 6 rings (SSSR count). The molecule has 3 unspecified atom stereocenters. The summed E-state index contributed by atoms with van der Waals surface area (Å²) < 4.78 is 11.5. The zero-order valence-corrected chi connectivity index (χ0v) is 20.3. The normalized spacial score (nSPS) is 31.9. The van der Waals surface area contributed by atoms with Crippen LogP contribution in [0.5, 0.6) is 0 Å². The molecule has 0 heterocycles. The number of benzene rings is 2. The van der Waals surface area contributed by atoms with Crippen molar-refractivity contribution in [2.75, 3.05) is 6.61 Å². The second kappa shape index (κ2) is 8.55. The highest BCUT2D eigenvalue weighted by atomic mass is 79.9. The summed E-state index contributed by atoms with van der Waals surface area (Å²) in [6.07, 6.45) is 3.97. The Morgan fingerprint density at radius 1 is 1.03 bits per heavy atom. The first-order chi connectivity index (χ1) is 15.9. The van der Waals surface area contributed by atoms with Crippen LogP contribution in [-0.2, 0) is 26.5 Å². The third-order valence-electron chi connectivity index (χ3n) is 8.01. The first-order valence-corrected chi connectivity index (χ1v) is 12.6. The molecular formula is C27H29BrO5. The fraction of sp³-hybridized carbons (Fsp3) is 0.481. The molecule has 0 aromatic heterocycles. The zero-order chi connectivity index (χ0) is 23.2. The number of carbonyl (C=O) groups excluding carboxylic acids is 2. The van der Waals surface area contributed by atoms with Gasteiger partial charge in [-0.2, -0.15) is 0 Å². The van der Waals surface area contributed by atoms with E-state index in [2.05, 4.69) is 15.9 Å². The lowest BCUT2D eigenvalue weighted by molar-refractivity contribution is -0.219. The molecule has 174 valence electrons. The Balaban J connectivity index is 1.37. The average molecular weight is 513 g/mol. The molecule has 0 saturated heterocycles. The SMILES string of the molecule is CCOC(=O)c1ccc(C2(O)[C@@H]3CC4C[C@H]2CC(C(=O)OCc2ccccc2)(C4)C3)cc1Br. The van der Waals surface area contributed by atoms with E-state index < -0.39 is 11.0 Å². The van der Waals surface area contributed by atoms with Crippen LogP contribution in [0.25, 0.3) is 0 Å². The molecule has 0 amide bonds. The average Bonchev–Trinajstić information content (AvgIpc) is 2.81. The van der Waals surface area contributed by atoms with Gasteiger partial charge in [0.05, 0.1) is 23.2 Å². The minimum Gasteiger partial charge on any atom is -0.462 e. The summed E-state index contributed by atoms with van der Waals surface area (Å²) in [5.41, 5.74) is 0.742. The molecule has 6 heteroatoms. The van der Waals surface area contributed by atoms with Gasteiger partial charge in [0.15, 0.2) is 0 Å². The molecule has 1 N–H and O–H groups in total. The maximum Gasteiger partial charge on any atom is 0.339 e. The van der Waals surface area contributed by atoms with Crippen LogP contribution in [-0.4, -0.2) is 23.7 Å². The van der Waals surface area contributed by atoms with Crippen molar-refractivity contribution < 1.29 is 24.2 Å². The predicted molar refractivity (Wildman–Crippen MR) is 126 cm³/mol. The molecular weight excluding hydrogens is 484 g/mol. The molecule has 4 aliphatic rings. The molecule has 2 aromatic rings. The smallest absolute Gasteiger partial charge is 0.339 e. The molecule has 4 aliphatic carbocycles. The van der Waals surface area contributed by atoms with E-state index in [4.69, 9.17) is 9.47 Å². The van der Waals surface area contributed by atoms with Gasteiger partial charge in [-0.1, -0.05) is 36.4 Å². The van der Waals surface area contributed by atoms with E-state index in [0.29, 0.717) is 35.4 Å². The molecule has 4 fully saturated rings. The van der Waals surface area contributed by atoms with Crippen molar-refractivity contribution in [3.05, 3.63) is 69.7 Å². The number of esters is 2. The number of halogens is 1. The van der Waals surface area contributed by atoms with Gasteiger partial charge in [-0.05, 0) is 96.0 Å². The Kier molecular flexibility index (Phi) is 5.86. The fourth-order valence-electron chi connectivity index (χ4n) is 6.72. The van der Waals surface area contributed by atoms with Crippen molar-refractivity contribution in [3.63, 3.8) is 0 Å². The molecule has 4 saturated carbocycles. The van der Waals surface area contributed by atoms with Gasteiger partial charge in [0.1, 0.15) is 6.61 Å². The summed E-state index contributed by atoms with van der Waals surface area (Å²) in [4.78, 5) is 25.5. The van der Waals surface area contributed by atoms with E-state index >= 15 is 0 Å². The summed E-state index contributed by atoms with van der Waals surface area (Å²) in [6, 6.07) is 15.2. The molecule has 4 bridgehead atoms. The number of ether oxygens (including phenoxy) is 2. The van der Waals surface area contributed by atoms with Gasteiger partial charge in [0, 0.05) is 4.47 Å². The summed E-state index contributed by atoms with van der Waals surface area (Å²) >= 11 is 3.50. The second-order valence-electron chi connectivity index (χ2n) is 9.93. The Hall–Kier alpha value is -2.18. The standard InChI is InChI=1S/C27H29BrO5/c1-2-32-24(29)22-9-8-19(12-23(22)28)27(31)20-10-18-11-21(27)15-26(13-18,14-20)25(30)33-16-17-6-4-3-5-7-17/h3-9,12,18,20-21,31H,2,10-11,13-16H2,1H3/t18?,20-,21+,26?,27?. The lowest BCUT2D eigenvalue weighted by Gasteiger charge is -2.62. The Morgan fingerprint density at radius 3 is 2.36 bits per heavy atom. The van der Waals surface area contributed by atoms with Crippen LogP contribution in [0.2, 0.25) is 0 Å². The molecule has 5 nitrogen and oxygen atoms in total. The minimum absolute atomic E-state index is 0.00614. The van der Waals surface area contributed by atoms with E-state index in [-0.39, 0.29) is 30.4 Å². The highest BCUT2D eigenvalue weighted by Gasteiger charge is 2.65. The van der Waals surface area contributed by atoms with Crippen molar-refractivity contribution in [2.45, 2.75) is 51.2 Å². The summed E-state index contributed by atoms with van der Waals surface area (Å²) in [7, 11) is 0. The lowest BCUT2D eigenvalue weighted by Crippen LogP contribution is -2.61. The Morgan fingerprint density at radius 2 is 1.73 bits per heavy atom. The largest absolute Gasteiger partial charge is 0.462 e. The first kappa shape index (κ1) is 22.6. The minimum atomic E-state index is -1.00. The van der Waals surface area contributed by atoms with Gasteiger partial charge in [-0.3, -0.25) is 4.79 Å². The van der Waals surface area contributed by atoms with Gasteiger partial charge in [-0.15, -0.1) is 0 Å². The first-order valence-electron chi connectivity index (χ1n) is 11.8. The van der Waals surface area contributed by atoms with Crippen LogP contribution < -0.4 is 0 Å². The quantitative estimate of drug-likeness (QED) is 0.525. The van der Waals surface area contributed by atoms with Crippen molar-refractivity contribution in [2.24, 2.45) is 23.2 Å². The summed E-state index contributed by atoms with van der Waals surface area (Å²) in [5.74, 6) is -0.0733. The van der Waals surface area contributed by atoms with Crippen molar-refractivity contribution in [3.8, 4) is 0 Å². The van der Waals surface area contributed by atoms with Crippen LogP contribution >= 0.6 is 15.9 Å². The number of hydrogen-bond acceptors (Lipinski definition) is 5. The number of aliphatic hydroxyl groups is 1. The maximum absolute atomic E-state index is 13.3. The van der Waals surface area contributed by atoms with Crippen molar-refractivity contribution in [1.82, 2.24) is 0 Å². The van der Waals surface area contributed by atoms with Crippen LogP contribution in [0.4, 0.5) is 0 Å². The number of rotatable bonds is 6. The molecule has 33 heavy (non-hydrogen) atoms. The molecule has 5 atom stereocenters. The summed E-state index contributed by atoms with van der Waals surface area (Å²) in [5, 5.41) is 12.0. The van der Waals surface area contributed by atoms with Gasteiger partial charge in [0.25, 0.3) is 0 Å². The van der Waals surface area contributed by atoms with Gasteiger partial charge < -0.3 is 14.6 Å². The van der Waals surface area contributed by atoms with Gasteiger partial charge >= 0.3 is 11.9 Å². The van der Waals surface area contributed by atoms with E-state index in [1.165, 1.54) is 0 Å². The highest BCUT2D eigenvalue weighted by Crippen LogP contribution is 2.66. The van der Waals surface area contributed by atoms with Crippen LogP contribution in [0, 0.1) is 23.2 Å². The van der Waals surface area contributed by atoms with E-state index in [1.807, 2.05) is 42.5 Å². The van der Waals surface area contributed by atoms with E-state index in [1.54, 1.807) is 13.0 Å². The maximum atomic E-state index is 13.3. The lowest BCUT2D eigenvalue weighted by atomic mass is 9.43. The third kappa shape index (κ3) is 3.81. The number of carbonyl (C=O) groups is 2. The zero-order valence-electron chi connectivity index (χ0n) is 18.8. The predicted octanol–water partition coefficient (Wildman–Crippen LogP) is 5.38. The Bertz CT molecular complexity index is 1050. The highest BCUT2D eigenvalue weighted by molar-refractivity contribution is 9.10. The molecule has 2 aromatic carbocycles. The second-order valence-corrected chi connectivity index (χ2v) is 10.8. The van der Waals surface area contributed by atoms with E-state index in [9.17, 15) is 14.7 Å². The Labute approximate surface area is 202 Å². The molecule has 0 spiro atoms. The third-order valence-corrected chi connectivity index (χ3v) is 8.66. The number of hydrogen-bond donors (Lipinski definition) is 1. The van der Waals surface area contributed by atoms with Crippen LogP contribution in [0.3, 0.4) is 0 Å².